The van der Waals surface area contributed by atoms with E-state index in [1.165, 1.54) is 0 Å². The van der Waals surface area contributed by atoms with Crippen LogP contribution in [0, 0.1) is 11.8 Å². The second-order valence-electron chi connectivity index (χ2n) is 4.69. The van der Waals surface area contributed by atoms with Crippen LogP contribution in [-0.4, -0.2) is 30.5 Å². The predicted octanol–water partition coefficient (Wildman–Crippen LogP) is 1.93. The maximum Gasteiger partial charge on any atom is 0.191 e. The Hall–Kier alpha value is -0.730. The van der Waals surface area contributed by atoms with Gasteiger partial charge in [-0.25, -0.2) is 0 Å². The number of hydrogen-bond acceptors (Lipinski definition) is 1. The maximum atomic E-state index is 5.88. The second kappa shape index (κ2) is 5.89. The van der Waals surface area contributed by atoms with Gasteiger partial charge in [-0.3, -0.25) is 4.99 Å². The van der Waals surface area contributed by atoms with Crippen molar-refractivity contribution in [1.29, 1.82) is 0 Å². The molecule has 0 fully saturated rings. The average Bonchev–Trinajstić information content (AvgIpc) is 2.11. The minimum Gasteiger partial charge on any atom is -0.370 e. The summed E-state index contributed by atoms with van der Waals surface area (Å²) in [5, 5.41) is 0. The molecule has 3 heteroatoms. The highest BCUT2D eigenvalue weighted by atomic mass is 15.2. The Labute approximate surface area is 88.4 Å². The molecule has 84 valence electrons. The van der Waals surface area contributed by atoms with E-state index < -0.39 is 0 Å². The zero-order chi connectivity index (χ0) is 11.3. The molecule has 0 aromatic heterocycles. The van der Waals surface area contributed by atoms with Gasteiger partial charge in [-0.05, 0) is 18.8 Å². The fraction of sp³-hybridized carbons (Fsp3) is 0.909. The average molecular weight is 199 g/mol. The number of hydrogen-bond donors (Lipinski definition) is 1. The van der Waals surface area contributed by atoms with Crippen LogP contribution in [0.2, 0.25) is 0 Å². The third-order valence-corrected chi connectivity index (χ3v) is 2.56. The van der Waals surface area contributed by atoms with Gasteiger partial charge in [0.1, 0.15) is 0 Å². The topological polar surface area (TPSA) is 41.6 Å². The summed E-state index contributed by atoms with van der Waals surface area (Å²) in [7, 11) is 2.00. The molecule has 0 aliphatic rings. The number of nitrogens with two attached hydrogens (primary N) is 1. The van der Waals surface area contributed by atoms with Gasteiger partial charge in [0.2, 0.25) is 0 Å². The van der Waals surface area contributed by atoms with Gasteiger partial charge in [-0.15, -0.1) is 0 Å². The Bertz CT molecular complexity index is 185. The van der Waals surface area contributed by atoms with Crippen LogP contribution in [0.5, 0.6) is 0 Å². The SMILES string of the molecule is CC(C)CN=C(N)N(C)C(C)C(C)C. The molecule has 3 nitrogen and oxygen atoms in total. The highest BCUT2D eigenvalue weighted by Gasteiger charge is 2.14. The molecule has 2 N–H and O–H groups in total. The van der Waals surface area contributed by atoms with Gasteiger partial charge in [0, 0.05) is 19.6 Å². The van der Waals surface area contributed by atoms with Crippen molar-refractivity contribution in [2.45, 2.75) is 40.7 Å². The molecule has 0 bridgehead atoms. The summed E-state index contributed by atoms with van der Waals surface area (Å²) in [6.07, 6.45) is 0. The van der Waals surface area contributed by atoms with E-state index in [1.807, 2.05) is 11.9 Å². The molecule has 0 spiro atoms. The van der Waals surface area contributed by atoms with E-state index in [1.54, 1.807) is 0 Å². The van der Waals surface area contributed by atoms with Crippen molar-refractivity contribution >= 4 is 5.96 Å². The summed E-state index contributed by atoms with van der Waals surface area (Å²) >= 11 is 0. The van der Waals surface area contributed by atoms with Gasteiger partial charge < -0.3 is 10.6 Å². The van der Waals surface area contributed by atoms with Crippen LogP contribution in [0.25, 0.3) is 0 Å². The van der Waals surface area contributed by atoms with Crippen molar-refractivity contribution in [1.82, 2.24) is 4.90 Å². The van der Waals surface area contributed by atoms with Crippen molar-refractivity contribution in [2.24, 2.45) is 22.6 Å². The molecule has 0 saturated heterocycles. The first-order valence-corrected chi connectivity index (χ1v) is 5.39. The van der Waals surface area contributed by atoms with Crippen LogP contribution in [0.1, 0.15) is 34.6 Å². The first kappa shape index (κ1) is 13.3. The monoisotopic (exact) mass is 199 g/mol. The van der Waals surface area contributed by atoms with E-state index in [0.29, 0.717) is 23.8 Å². The van der Waals surface area contributed by atoms with Crippen LogP contribution in [0.4, 0.5) is 0 Å². The van der Waals surface area contributed by atoms with E-state index in [0.717, 1.165) is 6.54 Å². The second-order valence-corrected chi connectivity index (χ2v) is 4.69. The van der Waals surface area contributed by atoms with Gasteiger partial charge in [0.15, 0.2) is 5.96 Å². The first-order chi connectivity index (χ1) is 6.36. The molecule has 0 aliphatic carbocycles. The van der Waals surface area contributed by atoms with E-state index in [4.69, 9.17) is 5.73 Å². The summed E-state index contributed by atoms with van der Waals surface area (Å²) in [6.45, 7) is 11.6. The van der Waals surface area contributed by atoms with Crippen molar-refractivity contribution in [3.05, 3.63) is 0 Å². The molecule has 0 saturated carbocycles. The number of guanidine groups is 1. The summed E-state index contributed by atoms with van der Waals surface area (Å²) in [4.78, 5) is 6.40. The van der Waals surface area contributed by atoms with Crippen molar-refractivity contribution in [3.63, 3.8) is 0 Å². The molecule has 0 aromatic carbocycles. The minimum absolute atomic E-state index is 0.436. The lowest BCUT2D eigenvalue weighted by atomic mass is 10.1. The lowest BCUT2D eigenvalue weighted by Crippen LogP contribution is -2.43. The minimum atomic E-state index is 0.436. The van der Waals surface area contributed by atoms with E-state index in [9.17, 15) is 0 Å². The summed E-state index contributed by atoms with van der Waals surface area (Å²) < 4.78 is 0. The van der Waals surface area contributed by atoms with Gasteiger partial charge in [0.05, 0.1) is 0 Å². The summed E-state index contributed by atoms with van der Waals surface area (Å²) in [5.74, 6) is 1.81. The standard InChI is InChI=1S/C11H25N3/c1-8(2)7-13-11(12)14(6)10(5)9(3)4/h8-10H,7H2,1-6H3,(H2,12,13). The third-order valence-electron chi connectivity index (χ3n) is 2.56. The van der Waals surface area contributed by atoms with Crippen molar-refractivity contribution in [3.8, 4) is 0 Å². The molecule has 1 unspecified atom stereocenters. The Kier molecular flexibility index (Phi) is 5.58. The molecule has 0 heterocycles. The summed E-state index contributed by atoms with van der Waals surface area (Å²) in [5.41, 5.74) is 5.88. The Morgan fingerprint density at radius 2 is 1.71 bits per heavy atom. The Morgan fingerprint density at radius 1 is 1.21 bits per heavy atom. The molecule has 0 aromatic rings. The largest absolute Gasteiger partial charge is 0.370 e. The Balaban J connectivity index is 4.23. The molecule has 0 amide bonds. The summed E-state index contributed by atoms with van der Waals surface area (Å²) in [6, 6.07) is 0.436. The quantitative estimate of drug-likeness (QED) is 0.555. The van der Waals surface area contributed by atoms with Crippen LogP contribution in [-0.2, 0) is 0 Å². The van der Waals surface area contributed by atoms with E-state index >= 15 is 0 Å². The van der Waals surface area contributed by atoms with Crippen LogP contribution in [0.3, 0.4) is 0 Å². The van der Waals surface area contributed by atoms with Crippen LogP contribution in [0.15, 0.2) is 4.99 Å². The van der Waals surface area contributed by atoms with Gasteiger partial charge in [0.25, 0.3) is 0 Å². The predicted molar refractivity (Wildman–Crippen MR) is 63.4 cm³/mol. The normalized spacial score (nSPS) is 15.0. The lowest BCUT2D eigenvalue weighted by molar-refractivity contribution is 0.305. The molecule has 14 heavy (non-hydrogen) atoms. The van der Waals surface area contributed by atoms with Crippen molar-refractivity contribution < 1.29 is 0 Å². The van der Waals surface area contributed by atoms with E-state index in [-0.39, 0.29) is 0 Å². The Morgan fingerprint density at radius 3 is 2.07 bits per heavy atom. The highest BCUT2D eigenvalue weighted by molar-refractivity contribution is 5.78. The molecule has 0 aliphatic heterocycles. The third kappa shape index (κ3) is 4.49. The van der Waals surface area contributed by atoms with Crippen molar-refractivity contribution in [2.75, 3.05) is 13.6 Å². The van der Waals surface area contributed by atoms with Gasteiger partial charge in [-0.2, -0.15) is 0 Å². The van der Waals surface area contributed by atoms with Gasteiger partial charge >= 0.3 is 0 Å². The molecular formula is C11H25N3. The van der Waals surface area contributed by atoms with Crippen LogP contribution < -0.4 is 5.73 Å². The first-order valence-electron chi connectivity index (χ1n) is 5.39. The molecule has 0 radical (unpaired) electrons. The lowest BCUT2D eigenvalue weighted by Gasteiger charge is -2.28. The smallest absolute Gasteiger partial charge is 0.191 e. The number of aliphatic imine (C=N–C) groups is 1. The number of rotatable bonds is 4. The number of nitrogens with zero attached hydrogens (tertiary/aromatic N) is 2. The molecule has 1 atom stereocenters. The zero-order valence-electron chi connectivity index (χ0n) is 10.4. The maximum absolute atomic E-state index is 5.88. The fourth-order valence-electron chi connectivity index (χ4n) is 1.04. The molecular weight excluding hydrogens is 174 g/mol. The highest BCUT2D eigenvalue weighted by Crippen LogP contribution is 2.07. The van der Waals surface area contributed by atoms with Crippen LogP contribution >= 0.6 is 0 Å². The zero-order valence-corrected chi connectivity index (χ0v) is 10.4. The molecule has 0 rings (SSSR count). The van der Waals surface area contributed by atoms with E-state index in [2.05, 4.69) is 39.6 Å². The van der Waals surface area contributed by atoms with Gasteiger partial charge in [-0.1, -0.05) is 27.7 Å². The fourth-order valence-corrected chi connectivity index (χ4v) is 1.04.